The maximum Gasteiger partial charge on any atom is 0.237 e. The number of hydrogen-bond acceptors (Lipinski definition) is 3. The molecule has 0 aliphatic carbocycles. The van der Waals surface area contributed by atoms with E-state index in [4.69, 9.17) is 0 Å². The van der Waals surface area contributed by atoms with Gasteiger partial charge in [0.15, 0.2) is 0 Å². The number of halogens is 1. The van der Waals surface area contributed by atoms with Crippen LogP contribution in [0.25, 0.3) is 0 Å². The van der Waals surface area contributed by atoms with Crippen molar-refractivity contribution in [2.24, 2.45) is 4.99 Å². The maximum atomic E-state index is 11.8. The Balaban J connectivity index is 1.83. The molecule has 2 fully saturated rings. The van der Waals surface area contributed by atoms with Gasteiger partial charge in [0.2, 0.25) is 5.91 Å². The number of carbonyl (C=O) groups is 1. The second kappa shape index (κ2) is 9.23. The smallest absolute Gasteiger partial charge is 0.237 e. The van der Waals surface area contributed by atoms with E-state index in [1.54, 1.807) is 0 Å². The molecule has 0 radical (unpaired) electrons. The Bertz CT molecular complexity index is 493. The highest BCUT2D eigenvalue weighted by molar-refractivity contribution is 9.11. The molecule has 1 atom stereocenters. The number of amides is 1. The standard InChI is InChI=1S/C17H27BrN4O/c1-3-4-5-6-15(18)13-20-14(2)21-9-11-22(12-10-21)16-7-8-19-17(16)23/h5-6,13,16H,3-4,7-12H2,1-2H3,(H,19,23)/b6-5+,15-13+,20-14?. The molecule has 1 N–H and O–H groups in total. The molecule has 2 heterocycles. The van der Waals surface area contributed by atoms with E-state index in [1.165, 1.54) is 0 Å². The summed E-state index contributed by atoms with van der Waals surface area (Å²) < 4.78 is 0.992. The van der Waals surface area contributed by atoms with Gasteiger partial charge in [0.1, 0.15) is 5.84 Å². The predicted molar refractivity (Wildman–Crippen MR) is 98.7 cm³/mol. The lowest BCUT2D eigenvalue weighted by atomic mass is 10.2. The Hall–Kier alpha value is -1.14. The van der Waals surface area contributed by atoms with Crippen molar-refractivity contribution in [2.45, 2.75) is 39.2 Å². The van der Waals surface area contributed by atoms with Gasteiger partial charge in [-0.15, -0.1) is 0 Å². The summed E-state index contributed by atoms with van der Waals surface area (Å²) in [6.45, 7) is 8.73. The highest BCUT2D eigenvalue weighted by Gasteiger charge is 2.32. The first-order chi connectivity index (χ1) is 11.1. The molecule has 0 bridgehead atoms. The zero-order valence-electron chi connectivity index (χ0n) is 14.1. The van der Waals surface area contributed by atoms with E-state index in [2.05, 4.69) is 55.1 Å². The molecule has 6 heteroatoms. The van der Waals surface area contributed by atoms with E-state index in [1.807, 2.05) is 13.1 Å². The molecule has 0 aromatic rings. The van der Waals surface area contributed by atoms with Crippen molar-refractivity contribution in [3.05, 3.63) is 22.8 Å². The molecule has 2 saturated heterocycles. The van der Waals surface area contributed by atoms with Crippen LogP contribution in [0.3, 0.4) is 0 Å². The molecular weight excluding hydrogens is 356 g/mol. The average Bonchev–Trinajstić information content (AvgIpc) is 2.99. The number of rotatable bonds is 5. The monoisotopic (exact) mass is 382 g/mol. The molecule has 2 rings (SSSR count). The lowest BCUT2D eigenvalue weighted by molar-refractivity contribution is -0.124. The zero-order valence-corrected chi connectivity index (χ0v) is 15.7. The molecule has 0 saturated carbocycles. The normalized spacial score (nSPS) is 24.6. The van der Waals surface area contributed by atoms with Crippen LogP contribution in [-0.2, 0) is 4.79 Å². The highest BCUT2D eigenvalue weighted by Crippen LogP contribution is 2.14. The van der Waals surface area contributed by atoms with Gasteiger partial charge < -0.3 is 10.2 Å². The number of unbranched alkanes of at least 4 members (excludes halogenated alkanes) is 1. The largest absolute Gasteiger partial charge is 0.358 e. The van der Waals surface area contributed by atoms with E-state index in [-0.39, 0.29) is 11.9 Å². The quantitative estimate of drug-likeness (QED) is 0.451. The van der Waals surface area contributed by atoms with Gasteiger partial charge in [-0.05, 0) is 35.7 Å². The summed E-state index contributed by atoms with van der Waals surface area (Å²) in [5, 5.41) is 2.92. The fourth-order valence-corrected chi connectivity index (χ4v) is 3.22. The summed E-state index contributed by atoms with van der Waals surface area (Å²) in [5.74, 6) is 1.22. The van der Waals surface area contributed by atoms with Crippen LogP contribution in [0, 0.1) is 0 Å². The van der Waals surface area contributed by atoms with Gasteiger partial charge >= 0.3 is 0 Å². The van der Waals surface area contributed by atoms with E-state index >= 15 is 0 Å². The molecule has 23 heavy (non-hydrogen) atoms. The Morgan fingerprint density at radius 3 is 2.74 bits per heavy atom. The molecule has 0 aromatic carbocycles. The van der Waals surface area contributed by atoms with Crippen LogP contribution in [-0.4, -0.2) is 60.3 Å². The second-order valence-electron chi connectivity index (χ2n) is 6.00. The molecule has 2 aliphatic rings. The van der Waals surface area contributed by atoms with Gasteiger partial charge in [0.25, 0.3) is 0 Å². The van der Waals surface area contributed by atoms with E-state index in [0.717, 1.165) is 62.3 Å². The number of piperazine rings is 1. The minimum Gasteiger partial charge on any atom is -0.358 e. The third-order valence-electron chi connectivity index (χ3n) is 4.34. The van der Waals surface area contributed by atoms with Crippen molar-refractivity contribution in [1.82, 2.24) is 15.1 Å². The first-order valence-corrected chi connectivity index (χ1v) is 9.24. The minimum absolute atomic E-state index is 0.0761. The topological polar surface area (TPSA) is 47.9 Å². The van der Waals surface area contributed by atoms with Crippen LogP contribution in [0.1, 0.15) is 33.1 Å². The molecule has 1 unspecified atom stereocenters. The lowest BCUT2D eigenvalue weighted by Crippen LogP contribution is -2.53. The van der Waals surface area contributed by atoms with Gasteiger partial charge in [-0.25, -0.2) is 4.99 Å². The number of aliphatic imine (C=N–C) groups is 1. The maximum absolute atomic E-state index is 11.8. The molecule has 2 aliphatic heterocycles. The Morgan fingerprint density at radius 2 is 2.13 bits per heavy atom. The molecular formula is C17H27BrN4O. The fourth-order valence-electron chi connectivity index (χ4n) is 2.93. The van der Waals surface area contributed by atoms with Crippen molar-refractivity contribution in [1.29, 1.82) is 0 Å². The van der Waals surface area contributed by atoms with Crippen molar-refractivity contribution >= 4 is 27.7 Å². The molecule has 0 spiro atoms. The SMILES string of the molecule is CCC/C=C/C(Br)=C\N=C(C)N1CCN(C2CCNC2=O)CC1. The number of nitrogens with one attached hydrogen (secondary N) is 1. The van der Waals surface area contributed by atoms with Crippen molar-refractivity contribution < 1.29 is 4.79 Å². The van der Waals surface area contributed by atoms with E-state index in [0.29, 0.717) is 0 Å². The lowest BCUT2D eigenvalue weighted by Gasteiger charge is -2.37. The number of allylic oxidation sites excluding steroid dienone is 3. The van der Waals surface area contributed by atoms with Crippen molar-refractivity contribution in [2.75, 3.05) is 32.7 Å². The molecule has 0 aromatic heterocycles. The van der Waals surface area contributed by atoms with Crippen LogP contribution < -0.4 is 5.32 Å². The molecule has 1 amide bonds. The first-order valence-electron chi connectivity index (χ1n) is 8.45. The van der Waals surface area contributed by atoms with Crippen molar-refractivity contribution in [3.8, 4) is 0 Å². The van der Waals surface area contributed by atoms with Crippen LogP contribution in [0.15, 0.2) is 27.8 Å². The minimum atomic E-state index is 0.0761. The third-order valence-corrected chi connectivity index (χ3v) is 4.81. The van der Waals surface area contributed by atoms with Gasteiger partial charge in [0.05, 0.1) is 6.04 Å². The summed E-state index contributed by atoms with van der Waals surface area (Å²) in [6.07, 6.45) is 9.24. The fraction of sp³-hybridized carbons (Fsp3) is 0.647. The van der Waals surface area contributed by atoms with Gasteiger partial charge in [-0.1, -0.05) is 25.5 Å². The highest BCUT2D eigenvalue weighted by atomic mass is 79.9. The summed E-state index contributed by atoms with van der Waals surface area (Å²) >= 11 is 3.52. The van der Waals surface area contributed by atoms with Gasteiger partial charge in [-0.3, -0.25) is 9.69 Å². The first kappa shape index (κ1) is 18.2. The Kier molecular flexibility index (Phi) is 7.30. The van der Waals surface area contributed by atoms with E-state index < -0.39 is 0 Å². The average molecular weight is 383 g/mol. The summed E-state index contributed by atoms with van der Waals surface area (Å²) in [7, 11) is 0. The Labute approximate surface area is 147 Å². The number of hydrogen-bond donors (Lipinski definition) is 1. The molecule has 5 nitrogen and oxygen atoms in total. The number of nitrogens with zero attached hydrogens (tertiary/aromatic N) is 3. The summed E-state index contributed by atoms with van der Waals surface area (Å²) in [5.41, 5.74) is 0. The van der Waals surface area contributed by atoms with Gasteiger partial charge in [-0.2, -0.15) is 0 Å². The van der Waals surface area contributed by atoms with Gasteiger partial charge in [0, 0.05) is 43.4 Å². The third kappa shape index (κ3) is 5.46. The van der Waals surface area contributed by atoms with Crippen LogP contribution in [0.2, 0.25) is 0 Å². The summed E-state index contributed by atoms with van der Waals surface area (Å²) in [4.78, 5) is 20.9. The van der Waals surface area contributed by atoms with Crippen LogP contribution in [0.5, 0.6) is 0 Å². The van der Waals surface area contributed by atoms with Crippen LogP contribution >= 0.6 is 15.9 Å². The summed E-state index contributed by atoms with van der Waals surface area (Å²) in [6, 6.07) is 0.0761. The zero-order chi connectivity index (χ0) is 16.7. The van der Waals surface area contributed by atoms with E-state index in [9.17, 15) is 4.79 Å². The second-order valence-corrected chi connectivity index (χ2v) is 6.92. The van der Waals surface area contributed by atoms with Crippen LogP contribution in [0.4, 0.5) is 0 Å². The Morgan fingerprint density at radius 1 is 1.39 bits per heavy atom. The number of amidine groups is 1. The molecule has 128 valence electrons. The number of carbonyl (C=O) groups excluding carboxylic acids is 1. The predicted octanol–water partition coefficient (Wildman–Crippen LogP) is 2.50. The van der Waals surface area contributed by atoms with Crippen molar-refractivity contribution in [3.63, 3.8) is 0 Å².